The number of thioether (sulfide) groups is 1. The fraction of sp³-hybridized carbons (Fsp3) is 0.333. The highest BCUT2D eigenvalue weighted by Gasteiger charge is 2.30. The topological polar surface area (TPSA) is 94.8 Å². The first-order valence-corrected chi connectivity index (χ1v) is 13.4. The number of aryl methyl sites for hydroxylation is 2. The number of hydrogen-bond donors (Lipinski definition) is 3. The number of rotatable bonds is 15. The molecule has 5 nitrogen and oxygen atoms in total. The molecule has 3 rings (SSSR count). The summed E-state index contributed by atoms with van der Waals surface area (Å²) in [5.41, 5.74) is 3.40. The molecule has 0 aliphatic heterocycles. The van der Waals surface area contributed by atoms with Crippen molar-refractivity contribution in [2.75, 3.05) is 0 Å². The van der Waals surface area contributed by atoms with Gasteiger partial charge in [-0.05, 0) is 66.6 Å². The van der Waals surface area contributed by atoms with Gasteiger partial charge in [-0.3, -0.25) is 0 Å². The molecular formula is C30H34O5S. The molecule has 0 spiro atoms. The number of carboxylic acids is 2. The van der Waals surface area contributed by atoms with Gasteiger partial charge in [-0.25, -0.2) is 9.59 Å². The quantitative estimate of drug-likeness (QED) is 0.155. The summed E-state index contributed by atoms with van der Waals surface area (Å²) in [4.78, 5) is 23.5. The maximum atomic E-state index is 11.7. The lowest BCUT2D eigenvalue weighted by atomic mass is 9.96. The summed E-state index contributed by atoms with van der Waals surface area (Å²) >= 11 is 1.24. The number of unbranched alkanes of at least 4 members (excludes halogenated alkanes) is 5. The highest BCUT2D eigenvalue weighted by molar-refractivity contribution is 7.99. The predicted octanol–water partition coefficient (Wildman–Crippen LogP) is 6.79. The van der Waals surface area contributed by atoms with Crippen molar-refractivity contribution in [2.24, 2.45) is 0 Å². The average Bonchev–Trinajstić information content (AvgIpc) is 2.89. The molecule has 0 radical (unpaired) electrons. The third kappa shape index (κ3) is 8.54. The molecular weight excluding hydrogens is 472 g/mol. The number of aliphatic hydroxyl groups is 1. The second-order valence-corrected chi connectivity index (χ2v) is 10.2. The van der Waals surface area contributed by atoms with Crippen molar-refractivity contribution in [3.8, 4) is 0 Å². The minimum absolute atomic E-state index is 0.162. The largest absolute Gasteiger partial charge is 0.479 e. The molecule has 0 saturated heterocycles. The third-order valence-electron chi connectivity index (χ3n) is 6.27. The molecule has 0 saturated carbocycles. The van der Waals surface area contributed by atoms with Crippen LogP contribution in [-0.2, 0) is 17.6 Å². The summed E-state index contributed by atoms with van der Waals surface area (Å²) in [6, 6.07) is 24.5. The Labute approximate surface area is 217 Å². The molecule has 0 aliphatic carbocycles. The third-order valence-corrected chi connectivity index (χ3v) is 7.58. The second-order valence-electron chi connectivity index (χ2n) is 8.96. The Bertz CT molecular complexity index is 1100. The summed E-state index contributed by atoms with van der Waals surface area (Å²) in [5, 5.41) is 28.5. The van der Waals surface area contributed by atoms with Crippen molar-refractivity contribution in [1.29, 1.82) is 0 Å². The summed E-state index contributed by atoms with van der Waals surface area (Å²) in [7, 11) is 0. The summed E-state index contributed by atoms with van der Waals surface area (Å²) in [6.45, 7) is 0. The van der Waals surface area contributed by atoms with Gasteiger partial charge in [0.2, 0.25) is 0 Å². The Hall–Kier alpha value is -3.09. The van der Waals surface area contributed by atoms with E-state index in [1.165, 1.54) is 55.1 Å². The zero-order valence-corrected chi connectivity index (χ0v) is 21.2. The van der Waals surface area contributed by atoms with Gasteiger partial charge in [0.1, 0.15) is 0 Å². The Morgan fingerprint density at radius 1 is 0.694 bits per heavy atom. The van der Waals surface area contributed by atoms with E-state index in [0.717, 1.165) is 36.8 Å². The second kappa shape index (κ2) is 14.5. The number of benzene rings is 3. The van der Waals surface area contributed by atoms with Crippen LogP contribution in [0.25, 0.3) is 0 Å². The van der Waals surface area contributed by atoms with Crippen molar-refractivity contribution in [3.05, 3.63) is 101 Å². The molecule has 0 fully saturated rings. The van der Waals surface area contributed by atoms with Crippen molar-refractivity contribution in [1.82, 2.24) is 0 Å². The number of aliphatic carboxylic acids is 1. The summed E-state index contributed by atoms with van der Waals surface area (Å²) in [6.07, 6.45) is 7.26. The first-order chi connectivity index (χ1) is 17.5. The van der Waals surface area contributed by atoms with Gasteiger partial charge in [0.25, 0.3) is 0 Å². The van der Waals surface area contributed by atoms with Crippen LogP contribution in [-0.4, -0.2) is 33.4 Å². The SMILES string of the molecule is O=C(O)c1ccc(S[C@H](c2ccccc2CCCCCCCCc2ccccc2)[C@@H](O)C(=O)O)cc1. The monoisotopic (exact) mass is 506 g/mol. The molecule has 0 heterocycles. The number of aromatic carboxylic acids is 1. The van der Waals surface area contributed by atoms with Gasteiger partial charge < -0.3 is 15.3 Å². The predicted molar refractivity (Wildman–Crippen MR) is 144 cm³/mol. The van der Waals surface area contributed by atoms with E-state index in [0.29, 0.717) is 4.90 Å². The molecule has 190 valence electrons. The van der Waals surface area contributed by atoms with Crippen LogP contribution < -0.4 is 0 Å². The van der Waals surface area contributed by atoms with Gasteiger partial charge >= 0.3 is 11.9 Å². The van der Waals surface area contributed by atoms with E-state index < -0.39 is 23.3 Å². The van der Waals surface area contributed by atoms with Gasteiger partial charge in [0, 0.05) is 4.90 Å². The van der Waals surface area contributed by atoms with E-state index in [2.05, 4.69) is 24.3 Å². The molecule has 0 amide bonds. The Balaban J connectivity index is 1.55. The van der Waals surface area contributed by atoms with E-state index in [-0.39, 0.29) is 5.56 Å². The number of aliphatic hydroxyl groups excluding tert-OH is 1. The maximum absolute atomic E-state index is 11.7. The molecule has 3 aromatic carbocycles. The molecule has 2 atom stereocenters. The van der Waals surface area contributed by atoms with Crippen LogP contribution in [0.3, 0.4) is 0 Å². The fourth-order valence-electron chi connectivity index (χ4n) is 4.29. The van der Waals surface area contributed by atoms with Crippen LogP contribution in [0.5, 0.6) is 0 Å². The highest BCUT2D eigenvalue weighted by Crippen LogP contribution is 2.40. The first kappa shape index (κ1) is 27.5. The lowest BCUT2D eigenvalue weighted by Crippen LogP contribution is -2.26. The normalized spacial score (nSPS) is 12.7. The van der Waals surface area contributed by atoms with Gasteiger partial charge in [-0.1, -0.05) is 80.3 Å². The van der Waals surface area contributed by atoms with E-state index in [1.807, 2.05) is 30.3 Å². The molecule has 0 unspecified atom stereocenters. The van der Waals surface area contributed by atoms with Crippen LogP contribution in [0.2, 0.25) is 0 Å². The molecule has 3 aromatic rings. The smallest absolute Gasteiger partial charge is 0.335 e. The van der Waals surface area contributed by atoms with Gasteiger partial charge in [-0.15, -0.1) is 11.8 Å². The minimum atomic E-state index is -1.58. The first-order valence-electron chi connectivity index (χ1n) is 12.5. The number of carbonyl (C=O) groups is 2. The number of hydrogen-bond acceptors (Lipinski definition) is 4. The molecule has 0 aliphatic rings. The summed E-state index contributed by atoms with van der Waals surface area (Å²) < 4.78 is 0. The lowest BCUT2D eigenvalue weighted by molar-refractivity contribution is -0.146. The highest BCUT2D eigenvalue weighted by atomic mass is 32.2. The van der Waals surface area contributed by atoms with E-state index >= 15 is 0 Å². The zero-order chi connectivity index (χ0) is 25.8. The minimum Gasteiger partial charge on any atom is -0.479 e. The standard InChI is InChI=1S/C30H34O5S/c31-27(30(34)35)28(36-25-20-18-24(19-21-25)29(32)33)26-17-11-10-16-23(26)15-9-4-2-1-3-6-12-22-13-7-5-8-14-22/h5,7-8,10-11,13-14,16-21,27-28,31H,1-4,6,9,12,15H2,(H,32,33)(H,34,35)/t27-,28-/m1/s1. The van der Waals surface area contributed by atoms with Crippen molar-refractivity contribution in [3.63, 3.8) is 0 Å². The maximum Gasteiger partial charge on any atom is 0.335 e. The zero-order valence-electron chi connectivity index (χ0n) is 20.4. The van der Waals surface area contributed by atoms with E-state index in [1.54, 1.807) is 12.1 Å². The van der Waals surface area contributed by atoms with Gasteiger partial charge in [-0.2, -0.15) is 0 Å². The molecule has 3 N–H and O–H groups in total. The van der Waals surface area contributed by atoms with Crippen LogP contribution in [0.4, 0.5) is 0 Å². The van der Waals surface area contributed by atoms with Gasteiger partial charge in [0.15, 0.2) is 6.10 Å². The van der Waals surface area contributed by atoms with Gasteiger partial charge in [0.05, 0.1) is 10.8 Å². The van der Waals surface area contributed by atoms with E-state index in [9.17, 15) is 19.8 Å². The van der Waals surface area contributed by atoms with Crippen molar-refractivity contribution < 1.29 is 24.9 Å². The van der Waals surface area contributed by atoms with Crippen molar-refractivity contribution >= 4 is 23.7 Å². The van der Waals surface area contributed by atoms with Crippen LogP contribution in [0.1, 0.15) is 70.8 Å². The number of carboxylic acid groups (broad SMARTS) is 2. The Kier molecular flexibility index (Phi) is 11.0. The fourth-order valence-corrected chi connectivity index (χ4v) is 5.47. The van der Waals surface area contributed by atoms with Crippen LogP contribution >= 0.6 is 11.8 Å². The molecule has 0 bridgehead atoms. The average molecular weight is 507 g/mol. The van der Waals surface area contributed by atoms with Crippen LogP contribution in [0.15, 0.2) is 83.8 Å². The lowest BCUT2D eigenvalue weighted by Gasteiger charge is -2.23. The Morgan fingerprint density at radius 3 is 1.92 bits per heavy atom. The Morgan fingerprint density at radius 2 is 1.28 bits per heavy atom. The molecule has 6 heteroatoms. The molecule has 36 heavy (non-hydrogen) atoms. The summed E-state index contributed by atoms with van der Waals surface area (Å²) in [5.74, 6) is -2.30. The van der Waals surface area contributed by atoms with Crippen LogP contribution in [0, 0.1) is 0 Å². The van der Waals surface area contributed by atoms with Crippen molar-refractivity contribution in [2.45, 2.75) is 67.6 Å². The van der Waals surface area contributed by atoms with E-state index in [4.69, 9.17) is 5.11 Å². The molecule has 0 aromatic heterocycles.